The first-order valence-corrected chi connectivity index (χ1v) is 8.28. The van der Waals surface area contributed by atoms with Crippen LogP contribution in [0.4, 0.5) is 5.69 Å². The van der Waals surface area contributed by atoms with Crippen LogP contribution in [-0.4, -0.2) is 41.6 Å². The number of ketones is 1. The SMILES string of the molecule is O=C1c2ccc(N3CCOCC3)cc2-n2c1nc1ccccc1c2=O. The van der Waals surface area contributed by atoms with Gasteiger partial charge in [-0.25, -0.2) is 4.98 Å². The fourth-order valence-corrected chi connectivity index (χ4v) is 3.54. The molecule has 6 nitrogen and oxygen atoms in total. The Labute approximate surface area is 143 Å². The quantitative estimate of drug-likeness (QED) is 0.531. The number of morpholine rings is 1. The molecule has 0 atom stereocenters. The van der Waals surface area contributed by atoms with E-state index in [0.29, 0.717) is 35.4 Å². The van der Waals surface area contributed by atoms with Crippen molar-refractivity contribution in [2.45, 2.75) is 0 Å². The molecular formula is C19H15N3O3. The van der Waals surface area contributed by atoms with Crippen LogP contribution in [0.25, 0.3) is 16.6 Å². The highest BCUT2D eigenvalue weighted by Crippen LogP contribution is 2.30. The number of hydrogen-bond acceptors (Lipinski definition) is 5. The molecule has 0 saturated carbocycles. The third-order valence-corrected chi connectivity index (χ3v) is 4.82. The number of rotatable bonds is 1. The Bertz CT molecular complexity index is 1080. The topological polar surface area (TPSA) is 64.4 Å². The molecule has 2 aliphatic heterocycles. The van der Waals surface area contributed by atoms with E-state index in [1.807, 2.05) is 18.2 Å². The Kier molecular flexibility index (Phi) is 3.02. The zero-order valence-corrected chi connectivity index (χ0v) is 13.4. The second-order valence-corrected chi connectivity index (χ2v) is 6.22. The lowest BCUT2D eigenvalue weighted by molar-refractivity contribution is 0.103. The third kappa shape index (κ3) is 2.04. The summed E-state index contributed by atoms with van der Waals surface area (Å²) in [6.07, 6.45) is 0. The normalized spacial score (nSPS) is 16.2. The largest absolute Gasteiger partial charge is 0.378 e. The van der Waals surface area contributed by atoms with Gasteiger partial charge in [0.2, 0.25) is 5.78 Å². The molecule has 0 unspecified atom stereocenters. The van der Waals surface area contributed by atoms with Crippen molar-refractivity contribution in [3.63, 3.8) is 0 Å². The molecule has 6 heteroatoms. The molecule has 1 fully saturated rings. The molecule has 124 valence electrons. The van der Waals surface area contributed by atoms with Gasteiger partial charge in [0.15, 0.2) is 5.82 Å². The smallest absolute Gasteiger partial charge is 0.266 e. The molecule has 2 aliphatic rings. The highest BCUT2D eigenvalue weighted by atomic mass is 16.5. The summed E-state index contributed by atoms with van der Waals surface area (Å²) >= 11 is 0. The highest BCUT2D eigenvalue weighted by Gasteiger charge is 2.31. The molecule has 1 aromatic heterocycles. The lowest BCUT2D eigenvalue weighted by Gasteiger charge is -2.29. The van der Waals surface area contributed by atoms with Crippen LogP contribution in [0.5, 0.6) is 0 Å². The lowest BCUT2D eigenvalue weighted by Crippen LogP contribution is -2.36. The first-order chi connectivity index (χ1) is 12.2. The molecule has 1 saturated heterocycles. The van der Waals surface area contributed by atoms with Gasteiger partial charge in [0, 0.05) is 18.8 Å². The number of nitrogens with zero attached hydrogens (tertiary/aromatic N) is 3. The van der Waals surface area contributed by atoms with E-state index < -0.39 is 0 Å². The summed E-state index contributed by atoms with van der Waals surface area (Å²) in [5.41, 5.74) is 2.48. The van der Waals surface area contributed by atoms with Gasteiger partial charge >= 0.3 is 0 Å². The predicted octanol–water partition coefficient (Wildman–Crippen LogP) is 1.77. The molecule has 25 heavy (non-hydrogen) atoms. The van der Waals surface area contributed by atoms with Gasteiger partial charge in [-0.15, -0.1) is 0 Å². The summed E-state index contributed by atoms with van der Waals surface area (Å²) in [5.74, 6) is -0.00999. The van der Waals surface area contributed by atoms with E-state index in [-0.39, 0.29) is 17.2 Å². The van der Waals surface area contributed by atoms with Gasteiger partial charge in [-0.1, -0.05) is 12.1 Å². The van der Waals surface area contributed by atoms with Crippen LogP contribution in [0.15, 0.2) is 47.3 Å². The van der Waals surface area contributed by atoms with Gasteiger partial charge in [0.05, 0.1) is 35.4 Å². The lowest BCUT2D eigenvalue weighted by atomic mass is 10.1. The number of fused-ring (bicyclic) bond motifs is 4. The molecule has 3 heterocycles. The number of hydrogen-bond donors (Lipinski definition) is 0. The number of ether oxygens (including phenoxy) is 1. The highest BCUT2D eigenvalue weighted by molar-refractivity contribution is 6.13. The molecule has 2 aromatic carbocycles. The Balaban J connectivity index is 1.74. The van der Waals surface area contributed by atoms with Crippen molar-refractivity contribution in [3.8, 4) is 5.69 Å². The Morgan fingerprint density at radius 2 is 1.80 bits per heavy atom. The van der Waals surface area contributed by atoms with E-state index in [9.17, 15) is 9.59 Å². The average molecular weight is 333 g/mol. The van der Waals surface area contributed by atoms with Crippen LogP contribution in [0.2, 0.25) is 0 Å². The summed E-state index contributed by atoms with van der Waals surface area (Å²) in [5, 5.41) is 0.517. The number of benzene rings is 2. The number of carbonyl (C=O) groups is 1. The third-order valence-electron chi connectivity index (χ3n) is 4.82. The summed E-state index contributed by atoms with van der Waals surface area (Å²) in [6, 6.07) is 12.8. The second-order valence-electron chi connectivity index (χ2n) is 6.22. The minimum absolute atomic E-state index is 0.192. The van der Waals surface area contributed by atoms with Crippen LogP contribution < -0.4 is 10.5 Å². The Morgan fingerprint density at radius 1 is 1.00 bits per heavy atom. The van der Waals surface area contributed by atoms with E-state index in [1.54, 1.807) is 24.3 Å². The van der Waals surface area contributed by atoms with E-state index in [2.05, 4.69) is 9.88 Å². The van der Waals surface area contributed by atoms with Crippen molar-refractivity contribution in [3.05, 3.63) is 64.2 Å². The molecule has 0 N–H and O–H groups in total. The van der Waals surface area contributed by atoms with Crippen molar-refractivity contribution in [1.29, 1.82) is 0 Å². The first kappa shape index (κ1) is 14.4. The zero-order chi connectivity index (χ0) is 17.0. The minimum atomic E-state index is -0.202. The summed E-state index contributed by atoms with van der Waals surface area (Å²) in [7, 11) is 0. The predicted molar refractivity (Wildman–Crippen MR) is 93.8 cm³/mol. The van der Waals surface area contributed by atoms with E-state index in [4.69, 9.17) is 4.74 Å². The van der Waals surface area contributed by atoms with Crippen LogP contribution in [0.3, 0.4) is 0 Å². The molecule has 0 spiro atoms. The molecule has 3 aromatic rings. The van der Waals surface area contributed by atoms with Gasteiger partial charge in [-0.2, -0.15) is 0 Å². The molecule has 5 rings (SSSR count). The molecule has 0 amide bonds. The number of anilines is 1. The van der Waals surface area contributed by atoms with Crippen molar-refractivity contribution in [1.82, 2.24) is 9.55 Å². The molecule has 0 bridgehead atoms. The van der Waals surface area contributed by atoms with Crippen molar-refractivity contribution in [2.24, 2.45) is 0 Å². The second kappa shape index (κ2) is 5.26. The Hall–Kier alpha value is -2.99. The number of para-hydroxylation sites is 1. The first-order valence-electron chi connectivity index (χ1n) is 8.28. The number of aromatic nitrogens is 2. The minimum Gasteiger partial charge on any atom is -0.378 e. The molecule has 0 aliphatic carbocycles. The van der Waals surface area contributed by atoms with Crippen LogP contribution in [-0.2, 0) is 4.74 Å². The van der Waals surface area contributed by atoms with Crippen LogP contribution in [0.1, 0.15) is 16.2 Å². The maximum Gasteiger partial charge on any atom is 0.266 e. The monoisotopic (exact) mass is 333 g/mol. The number of carbonyl (C=O) groups excluding carboxylic acids is 1. The van der Waals surface area contributed by atoms with E-state index in [0.717, 1.165) is 18.8 Å². The summed E-state index contributed by atoms with van der Waals surface area (Å²) in [6.45, 7) is 2.95. The van der Waals surface area contributed by atoms with Gasteiger partial charge < -0.3 is 9.64 Å². The zero-order valence-electron chi connectivity index (χ0n) is 13.4. The fraction of sp³-hybridized carbons (Fsp3) is 0.211. The Morgan fingerprint density at radius 3 is 2.64 bits per heavy atom. The van der Waals surface area contributed by atoms with Gasteiger partial charge in [0.1, 0.15) is 0 Å². The molecular weight excluding hydrogens is 318 g/mol. The van der Waals surface area contributed by atoms with Gasteiger partial charge in [0.25, 0.3) is 5.56 Å². The molecule has 0 radical (unpaired) electrons. The van der Waals surface area contributed by atoms with Crippen LogP contribution in [0, 0.1) is 0 Å². The standard InChI is InChI=1S/C19H15N3O3/c23-17-14-6-5-12(21-7-9-25-10-8-21)11-16(14)22-18(17)20-15-4-2-1-3-13(15)19(22)24/h1-6,11H,7-10H2. The van der Waals surface area contributed by atoms with Gasteiger partial charge in [-0.3, -0.25) is 14.2 Å². The maximum absolute atomic E-state index is 13.0. The van der Waals surface area contributed by atoms with Crippen molar-refractivity contribution >= 4 is 22.4 Å². The van der Waals surface area contributed by atoms with E-state index >= 15 is 0 Å². The van der Waals surface area contributed by atoms with Crippen LogP contribution >= 0.6 is 0 Å². The van der Waals surface area contributed by atoms with Crippen molar-refractivity contribution < 1.29 is 9.53 Å². The van der Waals surface area contributed by atoms with Crippen molar-refractivity contribution in [2.75, 3.05) is 31.2 Å². The average Bonchev–Trinajstić information content (AvgIpc) is 2.95. The van der Waals surface area contributed by atoms with E-state index in [1.165, 1.54) is 4.57 Å². The maximum atomic E-state index is 13.0. The van der Waals surface area contributed by atoms with Gasteiger partial charge in [-0.05, 0) is 30.3 Å². The summed E-state index contributed by atoms with van der Waals surface area (Å²) < 4.78 is 6.84. The summed E-state index contributed by atoms with van der Waals surface area (Å²) in [4.78, 5) is 32.3. The fourth-order valence-electron chi connectivity index (χ4n) is 3.54.